The summed E-state index contributed by atoms with van der Waals surface area (Å²) in [7, 11) is 0. The molecule has 0 unspecified atom stereocenters. The number of halogens is 1. The predicted molar refractivity (Wildman–Crippen MR) is 81.9 cm³/mol. The van der Waals surface area contributed by atoms with Crippen LogP contribution in [0.2, 0.25) is 0 Å². The van der Waals surface area contributed by atoms with Gasteiger partial charge in [-0.2, -0.15) is 0 Å². The minimum absolute atomic E-state index is 0.699. The van der Waals surface area contributed by atoms with Gasteiger partial charge in [0.05, 0.1) is 17.7 Å². The molecule has 0 saturated heterocycles. The van der Waals surface area contributed by atoms with Gasteiger partial charge in [-0.25, -0.2) is 4.98 Å². The number of anilines is 1. The Morgan fingerprint density at radius 3 is 2.21 bits per heavy atom. The average Bonchev–Trinajstić information content (AvgIpc) is 2.38. The van der Waals surface area contributed by atoms with E-state index in [0.717, 1.165) is 42.2 Å². The normalized spacial score (nSPS) is 10.7. The molecular formula is C14H23BrN2O2. The summed E-state index contributed by atoms with van der Waals surface area (Å²) in [4.78, 5) is 6.69. The minimum Gasteiger partial charge on any atom is -0.380 e. The van der Waals surface area contributed by atoms with Crippen LogP contribution in [0, 0.1) is 6.92 Å². The first-order valence-electron chi connectivity index (χ1n) is 6.71. The van der Waals surface area contributed by atoms with Gasteiger partial charge in [-0.3, -0.25) is 0 Å². The third-order valence-corrected chi connectivity index (χ3v) is 3.26. The molecule has 1 heterocycles. The Hall–Kier alpha value is -0.650. The van der Waals surface area contributed by atoms with Gasteiger partial charge in [-0.05, 0) is 48.3 Å². The number of aryl methyl sites for hydroxylation is 1. The number of nitrogens with zero attached hydrogens (tertiary/aromatic N) is 2. The molecule has 0 fully saturated rings. The molecule has 4 nitrogen and oxygen atoms in total. The van der Waals surface area contributed by atoms with Gasteiger partial charge < -0.3 is 14.4 Å². The number of rotatable bonds is 9. The van der Waals surface area contributed by atoms with E-state index in [4.69, 9.17) is 9.47 Å². The lowest BCUT2D eigenvalue weighted by Crippen LogP contribution is -2.32. The number of ether oxygens (including phenoxy) is 2. The standard InChI is InChI=1S/C14H23BrN2O2/c1-4-18-8-6-17(7-9-19-5-2)14-13(15)10-12(3)11-16-14/h10-11H,4-9H2,1-3H3. The van der Waals surface area contributed by atoms with Crippen molar-refractivity contribution in [2.24, 2.45) is 0 Å². The van der Waals surface area contributed by atoms with Crippen molar-refractivity contribution in [3.8, 4) is 0 Å². The number of hydrogen-bond acceptors (Lipinski definition) is 4. The Kier molecular flexibility index (Phi) is 8.02. The van der Waals surface area contributed by atoms with Crippen molar-refractivity contribution in [2.75, 3.05) is 44.4 Å². The first kappa shape index (κ1) is 16.4. The van der Waals surface area contributed by atoms with Gasteiger partial charge in [0.1, 0.15) is 5.82 Å². The van der Waals surface area contributed by atoms with Gasteiger partial charge in [0.15, 0.2) is 0 Å². The zero-order chi connectivity index (χ0) is 14.1. The second-order valence-electron chi connectivity index (χ2n) is 4.20. The molecule has 0 spiro atoms. The molecule has 0 aromatic carbocycles. The zero-order valence-corrected chi connectivity index (χ0v) is 13.6. The van der Waals surface area contributed by atoms with Crippen molar-refractivity contribution in [1.82, 2.24) is 4.98 Å². The number of hydrogen-bond donors (Lipinski definition) is 0. The topological polar surface area (TPSA) is 34.6 Å². The van der Waals surface area contributed by atoms with Crippen molar-refractivity contribution in [3.63, 3.8) is 0 Å². The molecule has 108 valence electrons. The molecule has 1 aromatic heterocycles. The van der Waals surface area contributed by atoms with Crippen LogP contribution in [0.5, 0.6) is 0 Å². The third-order valence-electron chi connectivity index (χ3n) is 2.68. The molecule has 5 heteroatoms. The molecule has 0 radical (unpaired) electrons. The molecule has 0 saturated carbocycles. The van der Waals surface area contributed by atoms with Gasteiger partial charge in [0.2, 0.25) is 0 Å². The van der Waals surface area contributed by atoms with E-state index in [-0.39, 0.29) is 0 Å². The highest BCUT2D eigenvalue weighted by molar-refractivity contribution is 9.10. The van der Waals surface area contributed by atoms with Crippen molar-refractivity contribution in [1.29, 1.82) is 0 Å². The molecule has 0 aliphatic rings. The Balaban J connectivity index is 2.69. The highest BCUT2D eigenvalue weighted by atomic mass is 79.9. The van der Waals surface area contributed by atoms with E-state index >= 15 is 0 Å². The Bertz CT molecular complexity index is 364. The first-order valence-corrected chi connectivity index (χ1v) is 7.50. The van der Waals surface area contributed by atoms with Crippen LogP contribution in [-0.4, -0.2) is 44.5 Å². The van der Waals surface area contributed by atoms with Crippen LogP contribution < -0.4 is 4.90 Å². The fraction of sp³-hybridized carbons (Fsp3) is 0.643. The molecule has 0 bridgehead atoms. The van der Waals surface area contributed by atoms with Crippen LogP contribution in [0.3, 0.4) is 0 Å². The smallest absolute Gasteiger partial charge is 0.143 e. The van der Waals surface area contributed by atoms with Crippen LogP contribution in [0.15, 0.2) is 16.7 Å². The average molecular weight is 331 g/mol. The summed E-state index contributed by atoms with van der Waals surface area (Å²) < 4.78 is 11.9. The zero-order valence-electron chi connectivity index (χ0n) is 12.0. The summed E-state index contributed by atoms with van der Waals surface area (Å²) in [6.07, 6.45) is 1.88. The maximum absolute atomic E-state index is 5.43. The van der Waals surface area contributed by atoms with Crippen LogP contribution >= 0.6 is 15.9 Å². The SMILES string of the molecule is CCOCCN(CCOCC)c1ncc(C)cc1Br. The molecule has 19 heavy (non-hydrogen) atoms. The third kappa shape index (κ3) is 5.89. The van der Waals surface area contributed by atoms with Gasteiger partial charge in [0.25, 0.3) is 0 Å². The molecule has 0 amide bonds. The van der Waals surface area contributed by atoms with E-state index < -0.39 is 0 Å². The Morgan fingerprint density at radius 1 is 1.16 bits per heavy atom. The maximum atomic E-state index is 5.43. The monoisotopic (exact) mass is 330 g/mol. The summed E-state index contributed by atoms with van der Waals surface area (Å²) in [6, 6.07) is 2.08. The van der Waals surface area contributed by atoms with E-state index in [0.29, 0.717) is 13.2 Å². The lowest BCUT2D eigenvalue weighted by atomic mass is 10.3. The van der Waals surface area contributed by atoms with E-state index in [9.17, 15) is 0 Å². The summed E-state index contributed by atoms with van der Waals surface area (Å²) in [5, 5.41) is 0. The second-order valence-corrected chi connectivity index (χ2v) is 5.05. The predicted octanol–water partition coefficient (Wildman–Crippen LogP) is 3.03. The van der Waals surface area contributed by atoms with Crippen LogP contribution in [-0.2, 0) is 9.47 Å². The van der Waals surface area contributed by atoms with E-state index in [2.05, 4.69) is 31.9 Å². The lowest BCUT2D eigenvalue weighted by Gasteiger charge is -2.24. The first-order chi connectivity index (χ1) is 9.19. The van der Waals surface area contributed by atoms with Crippen LogP contribution in [0.25, 0.3) is 0 Å². The van der Waals surface area contributed by atoms with Crippen molar-refractivity contribution >= 4 is 21.7 Å². The van der Waals surface area contributed by atoms with Crippen molar-refractivity contribution in [3.05, 3.63) is 22.3 Å². The van der Waals surface area contributed by atoms with E-state index in [1.807, 2.05) is 27.0 Å². The highest BCUT2D eigenvalue weighted by Crippen LogP contribution is 2.24. The Labute approximate surface area is 124 Å². The number of aromatic nitrogens is 1. The molecule has 0 aliphatic carbocycles. The largest absolute Gasteiger partial charge is 0.380 e. The molecule has 0 aliphatic heterocycles. The van der Waals surface area contributed by atoms with E-state index in [1.165, 1.54) is 0 Å². The van der Waals surface area contributed by atoms with Gasteiger partial charge in [-0.1, -0.05) is 0 Å². The molecule has 0 atom stereocenters. The van der Waals surface area contributed by atoms with Crippen molar-refractivity contribution in [2.45, 2.75) is 20.8 Å². The van der Waals surface area contributed by atoms with Gasteiger partial charge in [0, 0.05) is 32.5 Å². The van der Waals surface area contributed by atoms with E-state index in [1.54, 1.807) is 0 Å². The summed E-state index contributed by atoms with van der Waals surface area (Å²) >= 11 is 3.58. The second kappa shape index (κ2) is 9.28. The highest BCUT2D eigenvalue weighted by Gasteiger charge is 2.11. The fourth-order valence-corrected chi connectivity index (χ4v) is 2.44. The number of pyridine rings is 1. The molecule has 1 rings (SSSR count). The minimum atomic E-state index is 0.699. The van der Waals surface area contributed by atoms with Crippen molar-refractivity contribution < 1.29 is 9.47 Å². The van der Waals surface area contributed by atoms with Gasteiger partial charge in [-0.15, -0.1) is 0 Å². The molecule has 1 aromatic rings. The summed E-state index contributed by atoms with van der Waals surface area (Å²) in [5.74, 6) is 0.949. The van der Waals surface area contributed by atoms with Crippen LogP contribution in [0.4, 0.5) is 5.82 Å². The quantitative estimate of drug-likeness (QED) is 0.652. The lowest BCUT2D eigenvalue weighted by molar-refractivity contribution is 0.141. The molecule has 0 N–H and O–H groups in total. The van der Waals surface area contributed by atoms with Crippen LogP contribution in [0.1, 0.15) is 19.4 Å². The maximum Gasteiger partial charge on any atom is 0.143 e. The van der Waals surface area contributed by atoms with Gasteiger partial charge >= 0.3 is 0 Å². The fourth-order valence-electron chi connectivity index (χ4n) is 1.72. The Morgan fingerprint density at radius 2 is 1.74 bits per heavy atom. The summed E-state index contributed by atoms with van der Waals surface area (Å²) in [5.41, 5.74) is 1.14. The molecular weight excluding hydrogens is 308 g/mol. The summed E-state index contributed by atoms with van der Waals surface area (Å²) in [6.45, 7) is 10.5.